The topological polar surface area (TPSA) is 49.4 Å². The van der Waals surface area contributed by atoms with E-state index in [9.17, 15) is 9.59 Å². The molecule has 110 valence electrons. The first-order valence-corrected chi connectivity index (χ1v) is 8.30. The number of anilines is 1. The largest absolute Gasteiger partial charge is 0.282 e. The van der Waals surface area contributed by atoms with Crippen LogP contribution < -0.4 is 10.4 Å². The Morgan fingerprint density at radius 2 is 1.64 bits per heavy atom. The maximum Gasteiger partial charge on any atom is 0.282 e. The maximum atomic E-state index is 12.4. The summed E-state index contributed by atoms with van der Waals surface area (Å²) in [6.07, 6.45) is 1.59. The number of carbonyl (C=O) groups excluding carboxylic acids is 2. The SMILES string of the molecule is O=C1NN(c2ccc(I)cc2)C(=O)/C1=C/c1ccc(Br)cc1. The van der Waals surface area contributed by atoms with Gasteiger partial charge in [0, 0.05) is 8.04 Å². The van der Waals surface area contributed by atoms with Crippen molar-refractivity contribution in [2.45, 2.75) is 0 Å². The number of benzene rings is 2. The molecule has 0 unspecified atom stereocenters. The molecule has 0 saturated carbocycles. The lowest BCUT2D eigenvalue weighted by Gasteiger charge is -2.14. The highest BCUT2D eigenvalue weighted by molar-refractivity contribution is 14.1. The van der Waals surface area contributed by atoms with Crippen molar-refractivity contribution in [3.63, 3.8) is 0 Å². The Morgan fingerprint density at radius 1 is 1.00 bits per heavy atom. The average molecular weight is 469 g/mol. The predicted octanol–water partition coefficient (Wildman–Crippen LogP) is 3.52. The van der Waals surface area contributed by atoms with Crippen molar-refractivity contribution in [2.75, 3.05) is 5.01 Å². The van der Waals surface area contributed by atoms with E-state index in [1.54, 1.807) is 18.2 Å². The fraction of sp³-hybridized carbons (Fsp3) is 0. The molecule has 1 N–H and O–H groups in total. The van der Waals surface area contributed by atoms with Crippen molar-refractivity contribution in [3.8, 4) is 0 Å². The number of carbonyl (C=O) groups is 2. The molecular formula is C16H10BrIN2O2. The average Bonchev–Trinajstić information content (AvgIpc) is 2.78. The summed E-state index contributed by atoms with van der Waals surface area (Å²) < 4.78 is 2.00. The molecule has 1 aliphatic heterocycles. The smallest absolute Gasteiger partial charge is 0.267 e. The summed E-state index contributed by atoms with van der Waals surface area (Å²) in [4.78, 5) is 24.5. The van der Waals surface area contributed by atoms with Gasteiger partial charge < -0.3 is 0 Å². The van der Waals surface area contributed by atoms with E-state index >= 15 is 0 Å². The van der Waals surface area contributed by atoms with E-state index in [1.807, 2.05) is 36.4 Å². The summed E-state index contributed by atoms with van der Waals surface area (Å²) in [5.74, 6) is -0.749. The highest BCUT2D eigenvalue weighted by atomic mass is 127. The van der Waals surface area contributed by atoms with Crippen molar-refractivity contribution < 1.29 is 9.59 Å². The molecule has 2 aromatic rings. The van der Waals surface area contributed by atoms with Gasteiger partial charge in [0.25, 0.3) is 11.8 Å². The second-order valence-electron chi connectivity index (χ2n) is 4.67. The number of rotatable bonds is 2. The van der Waals surface area contributed by atoms with E-state index in [4.69, 9.17) is 0 Å². The van der Waals surface area contributed by atoms with Gasteiger partial charge in [0.05, 0.1) is 5.69 Å². The predicted molar refractivity (Wildman–Crippen MR) is 96.9 cm³/mol. The van der Waals surface area contributed by atoms with Crippen LogP contribution in [0.2, 0.25) is 0 Å². The van der Waals surface area contributed by atoms with Gasteiger partial charge in [-0.05, 0) is 70.6 Å². The number of nitrogens with one attached hydrogen (secondary N) is 1. The summed E-state index contributed by atoms with van der Waals surface area (Å²) in [6, 6.07) is 14.8. The minimum atomic E-state index is -0.397. The van der Waals surface area contributed by atoms with Gasteiger partial charge in [-0.25, -0.2) is 5.01 Å². The van der Waals surface area contributed by atoms with Crippen molar-refractivity contribution in [1.82, 2.24) is 5.43 Å². The molecule has 1 saturated heterocycles. The molecule has 0 aromatic heterocycles. The first-order valence-electron chi connectivity index (χ1n) is 6.43. The fourth-order valence-electron chi connectivity index (χ4n) is 2.06. The lowest BCUT2D eigenvalue weighted by molar-refractivity contribution is -0.117. The van der Waals surface area contributed by atoms with Crippen LogP contribution in [0.25, 0.3) is 6.08 Å². The van der Waals surface area contributed by atoms with Crippen LogP contribution in [0.5, 0.6) is 0 Å². The van der Waals surface area contributed by atoms with Gasteiger partial charge in [0.2, 0.25) is 0 Å². The highest BCUT2D eigenvalue weighted by Crippen LogP contribution is 2.22. The molecule has 0 bridgehead atoms. The molecule has 4 nitrogen and oxygen atoms in total. The summed E-state index contributed by atoms with van der Waals surface area (Å²) in [5.41, 5.74) is 4.15. The van der Waals surface area contributed by atoms with Gasteiger partial charge >= 0.3 is 0 Å². The lowest BCUT2D eigenvalue weighted by atomic mass is 10.1. The number of hydrogen-bond acceptors (Lipinski definition) is 2. The fourth-order valence-corrected chi connectivity index (χ4v) is 2.68. The molecule has 0 spiro atoms. The van der Waals surface area contributed by atoms with Crippen molar-refractivity contribution in [3.05, 3.63) is 67.7 Å². The van der Waals surface area contributed by atoms with Crippen LogP contribution in [0.3, 0.4) is 0 Å². The van der Waals surface area contributed by atoms with E-state index in [-0.39, 0.29) is 11.5 Å². The second kappa shape index (κ2) is 6.21. The Labute approximate surface area is 149 Å². The molecule has 0 aliphatic carbocycles. The van der Waals surface area contributed by atoms with Gasteiger partial charge in [-0.3, -0.25) is 15.0 Å². The molecule has 1 aliphatic rings. The van der Waals surface area contributed by atoms with E-state index in [0.29, 0.717) is 5.69 Å². The first-order chi connectivity index (χ1) is 10.5. The summed E-state index contributed by atoms with van der Waals surface area (Å²) >= 11 is 5.54. The van der Waals surface area contributed by atoms with Crippen LogP contribution in [0.4, 0.5) is 5.69 Å². The monoisotopic (exact) mass is 468 g/mol. The number of hydrogen-bond donors (Lipinski definition) is 1. The zero-order valence-electron chi connectivity index (χ0n) is 11.2. The molecule has 1 fully saturated rings. The van der Waals surface area contributed by atoms with Crippen LogP contribution in [0, 0.1) is 3.57 Å². The number of halogens is 2. The van der Waals surface area contributed by atoms with Gasteiger partial charge in [0.15, 0.2) is 0 Å². The Bertz CT molecular complexity index is 770. The first kappa shape index (κ1) is 15.2. The van der Waals surface area contributed by atoms with E-state index in [1.165, 1.54) is 5.01 Å². The molecule has 0 atom stereocenters. The van der Waals surface area contributed by atoms with E-state index < -0.39 is 5.91 Å². The van der Waals surface area contributed by atoms with Crippen molar-refractivity contribution >= 4 is 62.1 Å². The van der Waals surface area contributed by atoms with Crippen molar-refractivity contribution in [2.24, 2.45) is 0 Å². The molecule has 0 radical (unpaired) electrons. The molecule has 6 heteroatoms. The van der Waals surface area contributed by atoms with Gasteiger partial charge in [-0.2, -0.15) is 0 Å². The Balaban J connectivity index is 1.91. The molecule has 1 heterocycles. The minimum Gasteiger partial charge on any atom is -0.267 e. The van der Waals surface area contributed by atoms with Gasteiger partial charge in [-0.1, -0.05) is 28.1 Å². The summed E-state index contributed by atoms with van der Waals surface area (Å²) in [6.45, 7) is 0. The molecule has 2 aromatic carbocycles. The molecule has 3 rings (SSSR count). The maximum absolute atomic E-state index is 12.4. The number of hydrazine groups is 1. The summed E-state index contributed by atoms with van der Waals surface area (Å²) in [7, 11) is 0. The molecular weight excluding hydrogens is 459 g/mol. The molecule has 2 amide bonds. The van der Waals surface area contributed by atoms with E-state index in [0.717, 1.165) is 13.6 Å². The number of nitrogens with zero attached hydrogens (tertiary/aromatic N) is 1. The third-order valence-corrected chi connectivity index (χ3v) is 4.41. The third kappa shape index (κ3) is 3.07. The zero-order chi connectivity index (χ0) is 15.7. The minimum absolute atomic E-state index is 0.126. The van der Waals surface area contributed by atoms with Crippen LogP contribution in [0.15, 0.2) is 58.6 Å². The Morgan fingerprint density at radius 3 is 2.27 bits per heavy atom. The zero-order valence-corrected chi connectivity index (χ0v) is 15.0. The Kier molecular flexibility index (Phi) is 4.30. The lowest BCUT2D eigenvalue weighted by Crippen LogP contribution is -2.35. The standard InChI is InChI=1S/C16H10BrIN2O2/c17-11-3-1-10(2-4-11)9-14-15(21)19-20(16(14)22)13-7-5-12(18)6-8-13/h1-9H,(H,19,21)/b14-9+. The number of amides is 2. The van der Waals surface area contributed by atoms with Crippen LogP contribution in [-0.4, -0.2) is 11.8 Å². The molecule has 22 heavy (non-hydrogen) atoms. The van der Waals surface area contributed by atoms with Gasteiger partial charge in [-0.15, -0.1) is 0 Å². The quantitative estimate of drug-likeness (QED) is 0.416. The Hall–Kier alpha value is -1.67. The highest BCUT2D eigenvalue weighted by Gasteiger charge is 2.34. The van der Waals surface area contributed by atoms with Crippen LogP contribution >= 0.6 is 38.5 Å². The third-order valence-electron chi connectivity index (χ3n) is 3.16. The summed E-state index contributed by atoms with van der Waals surface area (Å²) in [5, 5.41) is 1.27. The second-order valence-corrected chi connectivity index (χ2v) is 6.83. The normalized spacial score (nSPS) is 16.3. The van der Waals surface area contributed by atoms with Gasteiger partial charge in [0.1, 0.15) is 5.57 Å². The van der Waals surface area contributed by atoms with Crippen LogP contribution in [-0.2, 0) is 9.59 Å². The van der Waals surface area contributed by atoms with Crippen molar-refractivity contribution in [1.29, 1.82) is 0 Å². The van der Waals surface area contributed by atoms with Crippen LogP contribution in [0.1, 0.15) is 5.56 Å². The van der Waals surface area contributed by atoms with E-state index in [2.05, 4.69) is 43.9 Å².